The molecule has 4 atom stereocenters. The van der Waals surface area contributed by atoms with Crippen molar-refractivity contribution in [1.82, 2.24) is 0 Å². The molecule has 1 fully saturated rings. The highest BCUT2D eigenvalue weighted by molar-refractivity contribution is 5.89. The number of rotatable bonds is 8. The number of fused-ring (bicyclic) bond motifs is 1. The van der Waals surface area contributed by atoms with Crippen molar-refractivity contribution in [3.8, 4) is 0 Å². The fourth-order valence-corrected chi connectivity index (χ4v) is 5.47. The molecular weight excluding hydrogens is 510 g/mol. The van der Waals surface area contributed by atoms with Crippen LogP contribution in [-0.4, -0.2) is 57.5 Å². The quantitative estimate of drug-likeness (QED) is 0.0999. The Kier molecular flexibility index (Phi) is 7.58. The molecule has 204 valence electrons. The Labute approximate surface area is 230 Å². The monoisotopic (exact) mass is 539 g/mol. The van der Waals surface area contributed by atoms with Crippen LogP contribution in [0.3, 0.4) is 0 Å². The zero-order valence-corrected chi connectivity index (χ0v) is 21.6. The average Bonchev–Trinajstić information content (AvgIpc) is 2.97. The summed E-state index contributed by atoms with van der Waals surface area (Å²) in [6.45, 7) is -1.14. The lowest BCUT2D eigenvalue weighted by Crippen LogP contribution is -2.79. The van der Waals surface area contributed by atoms with Gasteiger partial charge in [-0.1, -0.05) is 96.1 Å². The molecule has 3 N–H and O–H groups in total. The molecular formula is C31H29N3O6. The molecule has 5 rings (SSSR count). The Hall–Kier alpha value is -4.24. The Morgan fingerprint density at radius 1 is 0.900 bits per heavy atom. The molecule has 0 saturated carbocycles. The minimum atomic E-state index is -2.81. The smallest absolute Gasteiger partial charge is 0.340 e. The molecule has 1 saturated heterocycles. The summed E-state index contributed by atoms with van der Waals surface area (Å²) in [7, 11) is 0. The summed E-state index contributed by atoms with van der Waals surface area (Å²) >= 11 is 0. The standard InChI is InChI=1S/C31H29N3O6/c32-34-33-29(18-23-15-16-24-11-7-8-14-26(24)17-23)21-39-27(20-35)31(38,40-28(36)25-12-5-2-6-13-25)30(29,37)19-22-9-3-1-4-10-22/h1-17,27,35,37-38H,18-21H2/t27-,29+,30-,31-/m1/s1. The van der Waals surface area contributed by atoms with Crippen LogP contribution in [0.2, 0.25) is 0 Å². The van der Waals surface area contributed by atoms with Crippen molar-refractivity contribution in [2.24, 2.45) is 5.11 Å². The third kappa shape index (κ3) is 4.81. The third-order valence-corrected chi connectivity index (χ3v) is 7.60. The van der Waals surface area contributed by atoms with Crippen LogP contribution in [0.4, 0.5) is 0 Å². The van der Waals surface area contributed by atoms with E-state index >= 15 is 0 Å². The lowest BCUT2D eigenvalue weighted by atomic mass is 9.65. The van der Waals surface area contributed by atoms with Crippen molar-refractivity contribution in [1.29, 1.82) is 0 Å². The number of azide groups is 1. The maximum absolute atomic E-state index is 13.3. The van der Waals surface area contributed by atoms with E-state index < -0.39 is 35.6 Å². The maximum Gasteiger partial charge on any atom is 0.340 e. The first-order chi connectivity index (χ1) is 19.3. The van der Waals surface area contributed by atoms with Crippen LogP contribution in [0.5, 0.6) is 0 Å². The maximum atomic E-state index is 13.3. The second kappa shape index (κ2) is 11.1. The van der Waals surface area contributed by atoms with Crippen LogP contribution < -0.4 is 0 Å². The van der Waals surface area contributed by atoms with Crippen LogP contribution in [0.15, 0.2) is 108 Å². The van der Waals surface area contributed by atoms with E-state index in [1.807, 2.05) is 42.5 Å². The second-order valence-corrected chi connectivity index (χ2v) is 10.0. The Morgan fingerprint density at radius 3 is 2.23 bits per heavy atom. The molecule has 0 aromatic heterocycles. The zero-order valence-electron chi connectivity index (χ0n) is 21.6. The minimum absolute atomic E-state index is 0.0609. The minimum Gasteiger partial charge on any atom is -0.423 e. The van der Waals surface area contributed by atoms with Gasteiger partial charge in [0.25, 0.3) is 5.79 Å². The topological polar surface area (TPSA) is 145 Å². The predicted octanol–water partition coefficient (Wildman–Crippen LogP) is 4.34. The molecule has 0 aliphatic carbocycles. The first-order valence-corrected chi connectivity index (χ1v) is 12.9. The van der Waals surface area contributed by atoms with Crippen molar-refractivity contribution < 1.29 is 29.6 Å². The van der Waals surface area contributed by atoms with Gasteiger partial charge in [-0.25, -0.2) is 4.79 Å². The molecule has 0 bridgehead atoms. The fourth-order valence-electron chi connectivity index (χ4n) is 5.47. The summed E-state index contributed by atoms with van der Waals surface area (Å²) < 4.78 is 11.5. The van der Waals surface area contributed by atoms with Crippen molar-refractivity contribution >= 4 is 16.7 Å². The van der Waals surface area contributed by atoms with Gasteiger partial charge in [0.1, 0.15) is 11.6 Å². The number of hydrogen-bond acceptors (Lipinski definition) is 7. The molecule has 1 aliphatic rings. The van der Waals surface area contributed by atoms with Gasteiger partial charge in [-0.3, -0.25) is 0 Å². The fraction of sp³-hybridized carbons (Fsp3) is 0.258. The zero-order chi connectivity index (χ0) is 28.2. The number of ether oxygens (including phenoxy) is 2. The van der Waals surface area contributed by atoms with E-state index in [9.17, 15) is 25.6 Å². The van der Waals surface area contributed by atoms with E-state index in [4.69, 9.17) is 9.47 Å². The van der Waals surface area contributed by atoms with Gasteiger partial charge in [0.2, 0.25) is 0 Å². The van der Waals surface area contributed by atoms with Crippen LogP contribution in [0.1, 0.15) is 21.5 Å². The second-order valence-electron chi connectivity index (χ2n) is 10.0. The Bertz CT molecular complexity index is 1540. The highest BCUT2D eigenvalue weighted by Crippen LogP contribution is 2.48. The van der Waals surface area contributed by atoms with Crippen LogP contribution in [-0.2, 0) is 22.3 Å². The lowest BCUT2D eigenvalue weighted by molar-refractivity contribution is -0.370. The number of aliphatic hydroxyl groups is 3. The third-order valence-electron chi connectivity index (χ3n) is 7.60. The van der Waals surface area contributed by atoms with Gasteiger partial charge >= 0.3 is 5.97 Å². The van der Waals surface area contributed by atoms with Crippen molar-refractivity contribution in [3.63, 3.8) is 0 Å². The Balaban J connectivity index is 1.67. The summed E-state index contributed by atoms with van der Waals surface area (Å²) in [4.78, 5) is 16.3. The van der Waals surface area contributed by atoms with Gasteiger partial charge in [0.15, 0.2) is 5.60 Å². The van der Waals surface area contributed by atoms with E-state index in [1.54, 1.807) is 48.5 Å². The Morgan fingerprint density at radius 2 is 1.55 bits per heavy atom. The molecule has 0 unspecified atom stereocenters. The number of benzene rings is 4. The van der Waals surface area contributed by atoms with Crippen molar-refractivity contribution in [2.75, 3.05) is 13.2 Å². The first-order valence-electron chi connectivity index (χ1n) is 12.9. The van der Waals surface area contributed by atoms with E-state index in [-0.39, 0.29) is 25.0 Å². The number of carbonyl (C=O) groups excluding carboxylic acids is 1. The van der Waals surface area contributed by atoms with Gasteiger partial charge in [-0.15, -0.1) is 0 Å². The van der Waals surface area contributed by atoms with Crippen LogP contribution in [0.25, 0.3) is 21.2 Å². The largest absolute Gasteiger partial charge is 0.423 e. The molecule has 0 amide bonds. The summed E-state index contributed by atoms with van der Waals surface area (Å²) in [6.07, 6.45) is -1.87. The molecule has 0 radical (unpaired) electrons. The van der Waals surface area contributed by atoms with Gasteiger partial charge in [-0.2, -0.15) is 0 Å². The molecule has 9 nitrogen and oxygen atoms in total. The number of aliphatic hydroxyl groups excluding tert-OH is 1. The number of esters is 1. The van der Waals surface area contributed by atoms with E-state index in [2.05, 4.69) is 10.0 Å². The van der Waals surface area contributed by atoms with E-state index in [0.717, 1.165) is 10.8 Å². The summed E-state index contributed by atoms with van der Waals surface area (Å²) in [5.41, 5.74) is 6.84. The summed E-state index contributed by atoms with van der Waals surface area (Å²) in [5, 5.41) is 41.1. The highest BCUT2D eigenvalue weighted by atomic mass is 16.7. The molecule has 40 heavy (non-hydrogen) atoms. The molecule has 4 aromatic rings. The van der Waals surface area contributed by atoms with Crippen LogP contribution >= 0.6 is 0 Å². The summed E-state index contributed by atoms with van der Waals surface area (Å²) in [5.74, 6) is -3.76. The van der Waals surface area contributed by atoms with Gasteiger partial charge < -0.3 is 24.8 Å². The SMILES string of the molecule is [N-]=[N+]=N[C@@]1(Cc2ccc3ccccc3c2)CO[C@H](CO)[C@@](O)(OC(=O)c2ccccc2)[C@@]1(O)Cc1ccccc1. The number of carbonyl (C=O) groups is 1. The van der Waals surface area contributed by atoms with Crippen molar-refractivity contribution in [2.45, 2.75) is 35.9 Å². The molecule has 0 spiro atoms. The molecule has 1 aliphatic heterocycles. The molecule has 1 heterocycles. The van der Waals surface area contributed by atoms with Gasteiger partial charge in [0, 0.05) is 11.3 Å². The molecule has 4 aromatic carbocycles. The average molecular weight is 540 g/mol. The van der Waals surface area contributed by atoms with Gasteiger partial charge in [-0.05, 0) is 46.0 Å². The normalized spacial score (nSPS) is 26.1. The molecule has 9 heteroatoms. The van der Waals surface area contributed by atoms with Crippen LogP contribution in [0, 0.1) is 0 Å². The van der Waals surface area contributed by atoms with E-state index in [1.165, 1.54) is 12.1 Å². The highest BCUT2D eigenvalue weighted by Gasteiger charge is 2.71. The summed E-state index contributed by atoms with van der Waals surface area (Å²) in [6, 6.07) is 30.1. The van der Waals surface area contributed by atoms with Crippen molar-refractivity contribution in [3.05, 3.63) is 130 Å². The predicted molar refractivity (Wildman–Crippen MR) is 148 cm³/mol. The van der Waals surface area contributed by atoms with Gasteiger partial charge in [0.05, 0.1) is 18.8 Å². The lowest BCUT2D eigenvalue weighted by Gasteiger charge is -2.57. The first kappa shape index (κ1) is 27.3. The number of hydrogen-bond donors (Lipinski definition) is 3. The number of nitrogens with zero attached hydrogens (tertiary/aromatic N) is 3. The van der Waals surface area contributed by atoms with E-state index in [0.29, 0.717) is 11.1 Å².